The van der Waals surface area contributed by atoms with Gasteiger partial charge in [0.15, 0.2) is 5.14 Å². The van der Waals surface area contributed by atoms with Crippen LogP contribution in [0.3, 0.4) is 0 Å². The van der Waals surface area contributed by atoms with Crippen molar-refractivity contribution < 1.29 is 0 Å². The van der Waals surface area contributed by atoms with Crippen LogP contribution in [0.5, 0.6) is 0 Å². The molecule has 1 unspecified atom stereocenters. The van der Waals surface area contributed by atoms with E-state index in [4.69, 9.17) is 0 Å². The minimum atomic E-state index is 0.871. The maximum atomic E-state index is 2.38. The van der Waals surface area contributed by atoms with E-state index in [1.54, 1.807) is 0 Å². The minimum absolute atomic E-state index is 0.871. The molecule has 0 aliphatic heterocycles. The molecule has 0 bridgehead atoms. The second-order valence-electron chi connectivity index (χ2n) is 1.55. The molecule has 0 nitrogen and oxygen atoms in total. The van der Waals surface area contributed by atoms with Gasteiger partial charge in [-0.2, -0.15) is 22.4 Å². The molecule has 3 heteroatoms. The Morgan fingerprint density at radius 2 is 2.20 bits per heavy atom. The van der Waals surface area contributed by atoms with Crippen LogP contribution in [0.1, 0.15) is 6.92 Å². The normalized spacial score (nSPS) is 14.0. The van der Waals surface area contributed by atoms with Crippen molar-refractivity contribution in [1.29, 1.82) is 0 Å². The Bertz CT molecular complexity index is 21.6. The third kappa shape index (κ3) is 4.86. The van der Waals surface area contributed by atoms with Crippen molar-refractivity contribution in [2.24, 2.45) is 0 Å². The molecule has 0 radical (unpaired) electrons. The fraction of sp³-hybridized carbons (Fsp3) is 1.00. The van der Waals surface area contributed by atoms with E-state index < -0.39 is 0 Å². The first kappa shape index (κ1) is 5.86. The van der Waals surface area contributed by atoms with Gasteiger partial charge in [-0.05, 0) is 0 Å². The molecule has 0 rings (SSSR count). The molecule has 0 aliphatic carbocycles. The van der Waals surface area contributed by atoms with E-state index in [1.807, 2.05) is 0 Å². The fourth-order valence-electron chi connectivity index (χ4n) is 0. The van der Waals surface area contributed by atoms with Gasteiger partial charge in [0.2, 0.25) is 0 Å². The van der Waals surface area contributed by atoms with E-state index >= 15 is 0 Å². The minimum Gasteiger partial charge on any atom is -0.156 e. The van der Waals surface area contributed by atoms with Gasteiger partial charge in [0.25, 0.3) is 0 Å². The summed E-state index contributed by atoms with van der Waals surface area (Å²) in [6.45, 7) is 2.21. The highest BCUT2D eigenvalue weighted by molar-refractivity contribution is 14.1. The van der Waals surface area contributed by atoms with Crippen LogP contribution < -0.4 is 0 Å². The van der Waals surface area contributed by atoms with E-state index in [1.165, 1.54) is 5.14 Å². The molecule has 0 fully saturated rings. The summed E-state index contributed by atoms with van der Waals surface area (Å²) in [5.74, 6) is 0. The Balaban J connectivity index is 2.54. The van der Waals surface area contributed by atoms with Crippen molar-refractivity contribution in [1.82, 2.24) is 0 Å². The summed E-state index contributed by atoms with van der Waals surface area (Å²) in [7, 11) is 2.21. The highest BCUT2D eigenvalue weighted by Gasteiger charge is 1.86. The molecule has 5 heavy (non-hydrogen) atoms. The lowest BCUT2D eigenvalue weighted by Crippen LogP contribution is -1.86. The van der Waals surface area contributed by atoms with E-state index in [9.17, 15) is 0 Å². The van der Waals surface area contributed by atoms with Gasteiger partial charge in [-0.25, -0.2) is 0 Å². The molecule has 0 N–H and O–H groups in total. The zero-order chi connectivity index (χ0) is 4.28. The van der Waals surface area contributed by atoms with Gasteiger partial charge in [0.05, 0.1) is 7.85 Å². The molecular formula is C2H7B2I. The van der Waals surface area contributed by atoms with Crippen molar-refractivity contribution in [3.63, 3.8) is 0 Å². The van der Waals surface area contributed by atoms with Crippen LogP contribution in [-0.2, 0) is 0 Å². The molecule has 0 amide bonds. The number of hydrogen-bond acceptors (Lipinski definition) is 0. The predicted octanol–water partition coefficient (Wildman–Crippen LogP) is 0.172. The first-order valence-corrected chi connectivity index (χ1v) is 3.36. The molecule has 0 spiro atoms. The van der Waals surface area contributed by atoms with Crippen molar-refractivity contribution >= 4 is 35.4 Å². The molecule has 0 aliphatic rings. The van der Waals surface area contributed by atoms with Gasteiger partial charge in [-0.15, -0.1) is 0 Å². The lowest BCUT2D eigenvalue weighted by Gasteiger charge is -1.85. The van der Waals surface area contributed by atoms with Crippen LogP contribution in [0.4, 0.5) is 0 Å². The third-order valence-electron chi connectivity index (χ3n) is 0.309. The van der Waals surface area contributed by atoms with Crippen LogP contribution in [0, 0.1) is 0 Å². The summed E-state index contributed by atoms with van der Waals surface area (Å²) >= 11 is 2.38. The molecule has 0 aromatic carbocycles. The highest BCUT2D eigenvalue weighted by Crippen LogP contribution is 1.94. The third-order valence-corrected chi connectivity index (χ3v) is 2.07. The van der Waals surface area contributed by atoms with Crippen molar-refractivity contribution in [3.8, 4) is 0 Å². The maximum absolute atomic E-state index is 2.38. The second kappa shape index (κ2) is 3.07. The Kier molecular flexibility index (Phi) is 3.59. The smallest absolute Gasteiger partial charge is 0.156 e. The molecule has 0 aromatic heterocycles. The average Bonchev–Trinajstić information content (AvgIpc) is 1.38. The quantitative estimate of drug-likeness (QED) is 0.398. The van der Waals surface area contributed by atoms with Gasteiger partial charge in [0, 0.05) is 0 Å². The summed E-state index contributed by atoms with van der Waals surface area (Å²) in [6.07, 6.45) is 0. The van der Waals surface area contributed by atoms with E-state index in [-0.39, 0.29) is 0 Å². The molecular weight excluding hydrogens is 173 g/mol. The number of rotatable bonds is 1. The summed E-state index contributed by atoms with van der Waals surface area (Å²) in [5.41, 5.74) is 0.871. The first-order valence-electron chi connectivity index (χ1n) is 1.83. The number of halogens is 1. The van der Waals surface area contributed by atoms with Crippen molar-refractivity contribution in [2.75, 3.05) is 0 Å². The van der Waals surface area contributed by atoms with Gasteiger partial charge in [-0.1, -0.05) is 12.6 Å². The van der Waals surface area contributed by atoms with Crippen LogP contribution >= 0.6 is 22.4 Å². The monoisotopic (exact) mass is 180 g/mol. The molecule has 0 heterocycles. The SMILES string of the molecule is BC(C)BI. The summed E-state index contributed by atoms with van der Waals surface area (Å²) in [6, 6.07) is 0. The van der Waals surface area contributed by atoms with E-state index in [0.29, 0.717) is 0 Å². The van der Waals surface area contributed by atoms with Gasteiger partial charge < -0.3 is 0 Å². The zero-order valence-electron chi connectivity index (χ0n) is 3.66. The molecule has 28 valence electrons. The van der Waals surface area contributed by atoms with Crippen molar-refractivity contribution in [2.45, 2.75) is 12.6 Å². The van der Waals surface area contributed by atoms with Crippen molar-refractivity contribution in [3.05, 3.63) is 0 Å². The fourth-order valence-corrected chi connectivity index (χ4v) is 0. The Hall–Kier alpha value is 0.860. The first-order chi connectivity index (χ1) is 2.27. The average molecular weight is 180 g/mol. The van der Waals surface area contributed by atoms with Gasteiger partial charge >= 0.3 is 0 Å². The second-order valence-corrected chi connectivity index (χ2v) is 2.43. The molecule has 0 aromatic rings. The number of hydrogen-bond donors (Lipinski definition) is 0. The van der Waals surface area contributed by atoms with Gasteiger partial charge in [-0.3, -0.25) is 0 Å². The maximum Gasteiger partial charge on any atom is 0.195 e. The van der Waals surface area contributed by atoms with E-state index in [2.05, 4.69) is 37.1 Å². The van der Waals surface area contributed by atoms with E-state index in [0.717, 1.165) is 5.72 Å². The van der Waals surface area contributed by atoms with Crippen LogP contribution in [-0.4, -0.2) is 13.0 Å². The van der Waals surface area contributed by atoms with Crippen LogP contribution in [0.15, 0.2) is 0 Å². The molecule has 0 saturated heterocycles. The Labute approximate surface area is 48.2 Å². The summed E-state index contributed by atoms with van der Waals surface area (Å²) < 4.78 is 0. The standard InChI is InChI=1S/C2H7B2I/c1-2(3)4-5/h2,4H,3H2,1H3. The molecule has 1 atom stereocenters. The summed E-state index contributed by atoms with van der Waals surface area (Å²) in [4.78, 5) is 0. The van der Waals surface area contributed by atoms with Crippen LogP contribution in [0.25, 0.3) is 0 Å². The molecule has 0 saturated carbocycles. The lowest BCUT2D eigenvalue weighted by atomic mass is 9.73. The van der Waals surface area contributed by atoms with Crippen LogP contribution in [0.2, 0.25) is 5.72 Å². The predicted molar refractivity (Wildman–Crippen MR) is 39.1 cm³/mol. The summed E-state index contributed by atoms with van der Waals surface area (Å²) in [5, 5.41) is 1.28. The largest absolute Gasteiger partial charge is 0.195 e. The van der Waals surface area contributed by atoms with Gasteiger partial charge in [0.1, 0.15) is 0 Å². The zero-order valence-corrected chi connectivity index (χ0v) is 5.82. The Morgan fingerprint density at radius 1 is 2.00 bits per heavy atom. The highest BCUT2D eigenvalue weighted by atomic mass is 127. The topological polar surface area (TPSA) is 0 Å². The Morgan fingerprint density at radius 3 is 2.20 bits per heavy atom. The lowest BCUT2D eigenvalue weighted by molar-refractivity contribution is 1.36.